The molecule has 0 saturated heterocycles. The van der Waals surface area contributed by atoms with Crippen molar-refractivity contribution in [1.82, 2.24) is 15.1 Å². The quantitative estimate of drug-likeness (QED) is 0.775. The van der Waals surface area contributed by atoms with E-state index in [1.807, 2.05) is 18.3 Å². The zero-order valence-electron chi connectivity index (χ0n) is 11.5. The first-order valence-electron chi connectivity index (χ1n) is 6.63. The average Bonchev–Trinajstić information content (AvgIpc) is 3.04. The summed E-state index contributed by atoms with van der Waals surface area (Å²) in [4.78, 5) is 11.8. The molecule has 2 aromatic rings. The van der Waals surface area contributed by atoms with Gasteiger partial charge in [0.15, 0.2) is 0 Å². The number of amides is 1. The van der Waals surface area contributed by atoms with Gasteiger partial charge in [-0.25, -0.2) is 0 Å². The molecule has 2 rings (SSSR count). The van der Waals surface area contributed by atoms with Crippen molar-refractivity contribution >= 4 is 5.91 Å². The molecule has 0 unspecified atom stereocenters. The monoisotopic (exact) mass is 284 g/mol. The van der Waals surface area contributed by atoms with E-state index in [0.717, 1.165) is 0 Å². The summed E-state index contributed by atoms with van der Waals surface area (Å²) in [6.45, 7) is 2.09. The second-order valence-corrected chi connectivity index (χ2v) is 4.33. The summed E-state index contributed by atoms with van der Waals surface area (Å²) in [6, 6.07) is 10.5. The number of rotatable bonds is 7. The molecule has 0 aliphatic rings. The standard InChI is InChI=1S/C15H16N4O2/c16-12-13-3-1-4-14(11-13)15(20)17-6-9-21-10-8-19-7-2-5-18-19/h1-5,7,11H,6,8-10H2,(H,17,20). The average molecular weight is 284 g/mol. The van der Waals surface area contributed by atoms with E-state index in [-0.39, 0.29) is 5.91 Å². The molecule has 0 saturated carbocycles. The number of nitriles is 1. The number of aromatic nitrogens is 2. The number of nitrogens with one attached hydrogen (secondary N) is 1. The van der Waals surface area contributed by atoms with Crippen molar-refractivity contribution in [2.24, 2.45) is 0 Å². The van der Waals surface area contributed by atoms with Gasteiger partial charge < -0.3 is 10.1 Å². The molecule has 0 atom stereocenters. The Labute approximate surface area is 123 Å². The SMILES string of the molecule is N#Cc1cccc(C(=O)NCCOCCn2cccn2)c1. The molecule has 0 aliphatic carbocycles. The van der Waals surface area contributed by atoms with Crippen molar-refractivity contribution in [3.63, 3.8) is 0 Å². The highest BCUT2D eigenvalue weighted by atomic mass is 16.5. The molecular weight excluding hydrogens is 268 g/mol. The number of ether oxygens (including phenoxy) is 1. The Bertz CT molecular complexity index is 617. The van der Waals surface area contributed by atoms with Crippen molar-refractivity contribution in [2.75, 3.05) is 19.8 Å². The normalized spacial score (nSPS) is 10.0. The highest BCUT2D eigenvalue weighted by Gasteiger charge is 2.05. The third-order valence-corrected chi connectivity index (χ3v) is 2.81. The molecule has 1 heterocycles. The smallest absolute Gasteiger partial charge is 0.251 e. The van der Waals surface area contributed by atoms with Crippen LogP contribution in [0.2, 0.25) is 0 Å². The van der Waals surface area contributed by atoms with Gasteiger partial charge in [0.2, 0.25) is 0 Å². The minimum atomic E-state index is -0.206. The topological polar surface area (TPSA) is 79.9 Å². The first-order chi connectivity index (χ1) is 10.3. The first-order valence-corrected chi connectivity index (χ1v) is 6.63. The van der Waals surface area contributed by atoms with Crippen LogP contribution in [0.4, 0.5) is 0 Å². The van der Waals surface area contributed by atoms with Crippen molar-refractivity contribution in [1.29, 1.82) is 5.26 Å². The van der Waals surface area contributed by atoms with Crippen LogP contribution in [-0.2, 0) is 11.3 Å². The zero-order valence-corrected chi connectivity index (χ0v) is 11.5. The Kier molecular flexibility index (Phi) is 5.50. The Morgan fingerprint density at radius 3 is 3.05 bits per heavy atom. The summed E-state index contributed by atoms with van der Waals surface area (Å²) in [5, 5.41) is 15.6. The van der Waals surface area contributed by atoms with Crippen LogP contribution in [0.5, 0.6) is 0 Å². The molecule has 1 amide bonds. The molecule has 0 bridgehead atoms. The number of nitrogens with zero attached hydrogens (tertiary/aromatic N) is 3. The maximum Gasteiger partial charge on any atom is 0.251 e. The summed E-state index contributed by atoms with van der Waals surface area (Å²) in [6.07, 6.45) is 3.59. The van der Waals surface area contributed by atoms with Crippen LogP contribution in [0, 0.1) is 11.3 Å². The second kappa shape index (κ2) is 7.82. The summed E-state index contributed by atoms with van der Waals surface area (Å²) in [5.41, 5.74) is 0.948. The van der Waals surface area contributed by atoms with Crippen LogP contribution in [0.1, 0.15) is 15.9 Å². The largest absolute Gasteiger partial charge is 0.378 e. The molecule has 0 radical (unpaired) electrons. The van der Waals surface area contributed by atoms with Crippen molar-refractivity contribution < 1.29 is 9.53 Å². The molecule has 0 aliphatic heterocycles. The fourth-order valence-electron chi connectivity index (χ4n) is 1.76. The Morgan fingerprint density at radius 1 is 1.38 bits per heavy atom. The predicted octanol–water partition coefficient (Wildman–Crippen LogP) is 1.20. The molecule has 108 valence electrons. The van der Waals surface area contributed by atoms with Crippen LogP contribution >= 0.6 is 0 Å². The summed E-state index contributed by atoms with van der Waals surface area (Å²) in [5.74, 6) is -0.206. The van der Waals surface area contributed by atoms with E-state index < -0.39 is 0 Å². The molecular formula is C15H16N4O2. The highest BCUT2D eigenvalue weighted by molar-refractivity contribution is 5.94. The minimum Gasteiger partial charge on any atom is -0.378 e. The number of carbonyl (C=O) groups is 1. The highest BCUT2D eigenvalue weighted by Crippen LogP contribution is 2.03. The molecule has 0 spiro atoms. The summed E-state index contributed by atoms with van der Waals surface area (Å²) < 4.78 is 7.19. The van der Waals surface area contributed by atoms with Crippen LogP contribution in [0.15, 0.2) is 42.7 Å². The van der Waals surface area contributed by atoms with Crippen molar-refractivity contribution in [3.8, 4) is 6.07 Å². The van der Waals surface area contributed by atoms with Crippen LogP contribution in [0.25, 0.3) is 0 Å². The molecule has 1 aromatic heterocycles. The molecule has 21 heavy (non-hydrogen) atoms. The van der Waals surface area contributed by atoms with E-state index in [0.29, 0.717) is 37.4 Å². The van der Waals surface area contributed by atoms with Gasteiger partial charge in [-0.3, -0.25) is 9.48 Å². The van der Waals surface area contributed by atoms with E-state index in [9.17, 15) is 4.79 Å². The lowest BCUT2D eigenvalue weighted by Crippen LogP contribution is -2.27. The van der Waals surface area contributed by atoms with Gasteiger partial charge in [0, 0.05) is 24.5 Å². The first kappa shape index (κ1) is 14.8. The van der Waals surface area contributed by atoms with E-state index >= 15 is 0 Å². The van der Waals surface area contributed by atoms with Gasteiger partial charge in [-0.15, -0.1) is 0 Å². The Hall–Kier alpha value is -2.65. The van der Waals surface area contributed by atoms with E-state index in [4.69, 9.17) is 10.00 Å². The molecule has 1 aromatic carbocycles. The van der Waals surface area contributed by atoms with Gasteiger partial charge in [0.05, 0.1) is 31.4 Å². The Morgan fingerprint density at radius 2 is 2.29 bits per heavy atom. The van der Waals surface area contributed by atoms with E-state index in [2.05, 4.69) is 10.4 Å². The number of hydrogen-bond acceptors (Lipinski definition) is 4. The third-order valence-electron chi connectivity index (χ3n) is 2.81. The summed E-state index contributed by atoms with van der Waals surface area (Å²) >= 11 is 0. The lowest BCUT2D eigenvalue weighted by molar-refractivity contribution is 0.0906. The van der Waals surface area contributed by atoms with E-state index in [1.54, 1.807) is 35.1 Å². The van der Waals surface area contributed by atoms with Gasteiger partial charge >= 0.3 is 0 Å². The fraction of sp³-hybridized carbons (Fsp3) is 0.267. The van der Waals surface area contributed by atoms with Crippen molar-refractivity contribution in [2.45, 2.75) is 6.54 Å². The lowest BCUT2D eigenvalue weighted by atomic mass is 10.1. The molecule has 0 fully saturated rings. The van der Waals surface area contributed by atoms with Gasteiger partial charge in [0.1, 0.15) is 0 Å². The zero-order chi connectivity index (χ0) is 14.9. The maximum absolute atomic E-state index is 11.8. The maximum atomic E-state index is 11.8. The second-order valence-electron chi connectivity index (χ2n) is 4.33. The van der Waals surface area contributed by atoms with Crippen LogP contribution in [-0.4, -0.2) is 35.4 Å². The third kappa shape index (κ3) is 4.75. The van der Waals surface area contributed by atoms with Gasteiger partial charge in [-0.1, -0.05) is 6.07 Å². The lowest BCUT2D eigenvalue weighted by Gasteiger charge is -2.07. The van der Waals surface area contributed by atoms with Crippen molar-refractivity contribution in [3.05, 3.63) is 53.9 Å². The number of carbonyl (C=O) groups excluding carboxylic acids is 1. The predicted molar refractivity (Wildman–Crippen MR) is 76.5 cm³/mol. The van der Waals surface area contributed by atoms with E-state index in [1.165, 1.54) is 0 Å². The molecule has 6 heteroatoms. The fourth-order valence-corrected chi connectivity index (χ4v) is 1.76. The Balaban J connectivity index is 1.64. The van der Waals surface area contributed by atoms with Crippen LogP contribution in [0.3, 0.4) is 0 Å². The minimum absolute atomic E-state index is 0.206. The number of benzene rings is 1. The van der Waals surface area contributed by atoms with Gasteiger partial charge in [-0.05, 0) is 24.3 Å². The molecule has 1 N–H and O–H groups in total. The molecule has 6 nitrogen and oxygen atoms in total. The van der Waals surface area contributed by atoms with Crippen LogP contribution < -0.4 is 5.32 Å². The number of hydrogen-bond donors (Lipinski definition) is 1. The van der Waals surface area contributed by atoms with Gasteiger partial charge in [-0.2, -0.15) is 10.4 Å². The van der Waals surface area contributed by atoms with Gasteiger partial charge in [0.25, 0.3) is 5.91 Å². The summed E-state index contributed by atoms with van der Waals surface area (Å²) in [7, 11) is 0.